The average molecular weight is 280 g/mol. The van der Waals surface area contributed by atoms with Crippen LogP contribution in [0.15, 0.2) is 18.2 Å². The Labute approximate surface area is 120 Å². The van der Waals surface area contributed by atoms with Crippen LogP contribution in [-0.2, 0) is 4.79 Å². The monoisotopic (exact) mass is 280 g/mol. The van der Waals surface area contributed by atoms with Crippen molar-refractivity contribution in [1.29, 1.82) is 0 Å². The summed E-state index contributed by atoms with van der Waals surface area (Å²) in [5.41, 5.74) is 0.791. The molecule has 112 valence electrons. The summed E-state index contributed by atoms with van der Waals surface area (Å²) in [6, 6.07) is 5.19. The fourth-order valence-corrected chi connectivity index (χ4v) is 1.88. The molecule has 1 aromatic carbocycles. The zero-order valence-corrected chi connectivity index (χ0v) is 12.4. The summed E-state index contributed by atoms with van der Waals surface area (Å²) in [4.78, 5) is 11.5. The molecule has 0 aliphatic heterocycles. The van der Waals surface area contributed by atoms with E-state index >= 15 is 0 Å². The first-order valence-corrected chi connectivity index (χ1v) is 6.95. The Hall–Kier alpha value is -1.75. The van der Waals surface area contributed by atoms with E-state index in [0.29, 0.717) is 25.3 Å². The maximum absolute atomic E-state index is 11.5. The van der Waals surface area contributed by atoms with E-state index in [1.54, 1.807) is 19.2 Å². The third-order valence-corrected chi connectivity index (χ3v) is 3.08. The highest BCUT2D eigenvalue weighted by molar-refractivity contribution is 5.76. The van der Waals surface area contributed by atoms with Gasteiger partial charge in [0.1, 0.15) is 11.5 Å². The normalized spacial score (nSPS) is 11.9. The SMILES string of the molecule is CCCNC(=O)CCNC(C)c1ccc(OC)cc1O. The molecule has 0 aromatic heterocycles. The lowest BCUT2D eigenvalue weighted by Crippen LogP contribution is -2.29. The van der Waals surface area contributed by atoms with E-state index in [4.69, 9.17) is 4.74 Å². The lowest BCUT2D eigenvalue weighted by molar-refractivity contribution is -0.121. The van der Waals surface area contributed by atoms with E-state index in [9.17, 15) is 9.90 Å². The van der Waals surface area contributed by atoms with Gasteiger partial charge in [0, 0.05) is 37.2 Å². The molecule has 0 radical (unpaired) electrons. The Bertz CT molecular complexity index is 435. The molecule has 0 aliphatic carbocycles. The minimum absolute atomic E-state index is 0.0279. The number of aromatic hydroxyl groups is 1. The first-order chi connectivity index (χ1) is 9.58. The predicted octanol–water partition coefficient (Wildman–Crippen LogP) is 1.97. The van der Waals surface area contributed by atoms with Crippen LogP contribution in [0.2, 0.25) is 0 Å². The smallest absolute Gasteiger partial charge is 0.221 e. The van der Waals surface area contributed by atoms with Gasteiger partial charge in [0.05, 0.1) is 7.11 Å². The number of carbonyl (C=O) groups is 1. The second-order valence-corrected chi connectivity index (χ2v) is 4.70. The molecule has 0 saturated carbocycles. The van der Waals surface area contributed by atoms with Crippen molar-refractivity contribution in [3.63, 3.8) is 0 Å². The van der Waals surface area contributed by atoms with Crippen molar-refractivity contribution < 1.29 is 14.6 Å². The molecule has 1 unspecified atom stereocenters. The van der Waals surface area contributed by atoms with Gasteiger partial charge in [-0.1, -0.05) is 13.0 Å². The lowest BCUT2D eigenvalue weighted by atomic mass is 10.1. The van der Waals surface area contributed by atoms with Gasteiger partial charge in [-0.25, -0.2) is 0 Å². The van der Waals surface area contributed by atoms with Gasteiger partial charge in [-0.15, -0.1) is 0 Å². The first-order valence-electron chi connectivity index (χ1n) is 6.95. The molecular formula is C15H24N2O3. The minimum Gasteiger partial charge on any atom is -0.507 e. The molecule has 5 heteroatoms. The number of amides is 1. The van der Waals surface area contributed by atoms with Crippen molar-refractivity contribution >= 4 is 5.91 Å². The number of carbonyl (C=O) groups excluding carboxylic acids is 1. The molecule has 5 nitrogen and oxygen atoms in total. The quantitative estimate of drug-likeness (QED) is 0.681. The standard InChI is InChI=1S/C15H24N2O3/c1-4-8-17-15(19)7-9-16-11(2)13-6-5-12(20-3)10-14(13)18/h5-6,10-11,16,18H,4,7-9H2,1-3H3,(H,17,19). The molecule has 0 saturated heterocycles. The molecule has 0 aliphatic rings. The van der Waals surface area contributed by atoms with Crippen LogP contribution in [0.5, 0.6) is 11.5 Å². The molecule has 0 spiro atoms. The van der Waals surface area contributed by atoms with Crippen molar-refractivity contribution in [1.82, 2.24) is 10.6 Å². The molecule has 1 rings (SSSR count). The third-order valence-electron chi connectivity index (χ3n) is 3.08. The number of hydrogen-bond donors (Lipinski definition) is 3. The summed E-state index contributed by atoms with van der Waals surface area (Å²) >= 11 is 0. The summed E-state index contributed by atoms with van der Waals surface area (Å²) in [6.07, 6.45) is 1.37. The molecule has 0 heterocycles. The van der Waals surface area contributed by atoms with E-state index in [2.05, 4.69) is 10.6 Å². The topological polar surface area (TPSA) is 70.6 Å². The number of hydrogen-bond acceptors (Lipinski definition) is 4. The highest BCUT2D eigenvalue weighted by atomic mass is 16.5. The summed E-state index contributed by atoms with van der Waals surface area (Å²) in [5.74, 6) is 0.864. The summed E-state index contributed by atoms with van der Waals surface area (Å²) in [6.45, 7) is 5.26. The van der Waals surface area contributed by atoms with Crippen molar-refractivity contribution in [3.05, 3.63) is 23.8 Å². The van der Waals surface area contributed by atoms with Crippen LogP contribution in [0, 0.1) is 0 Å². The summed E-state index contributed by atoms with van der Waals surface area (Å²) < 4.78 is 5.05. The van der Waals surface area contributed by atoms with E-state index in [-0.39, 0.29) is 17.7 Å². The number of phenols is 1. The zero-order valence-electron chi connectivity index (χ0n) is 12.4. The van der Waals surface area contributed by atoms with Crippen LogP contribution in [0.4, 0.5) is 0 Å². The largest absolute Gasteiger partial charge is 0.507 e. The van der Waals surface area contributed by atoms with Crippen molar-refractivity contribution in [2.24, 2.45) is 0 Å². The number of benzene rings is 1. The minimum atomic E-state index is -0.0279. The van der Waals surface area contributed by atoms with E-state index in [1.165, 1.54) is 0 Å². The lowest BCUT2D eigenvalue weighted by Gasteiger charge is -2.16. The van der Waals surface area contributed by atoms with Crippen LogP contribution in [0.1, 0.15) is 38.3 Å². The fourth-order valence-electron chi connectivity index (χ4n) is 1.88. The molecule has 1 atom stereocenters. The number of phenolic OH excluding ortho intramolecular Hbond substituents is 1. The second-order valence-electron chi connectivity index (χ2n) is 4.70. The van der Waals surface area contributed by atoms with Gasteiger partial charge >= 0.3 is 0 Å². The Kier molecular flexibility index (Phi) is 6.87. The van der Waals surface area contributed by atoms with Crippen LogP contribution in [0.3, 0.4) is 0 Å². The first kappa shape index (κ1) is 16.3. The van der Waals surface area contributed by atoms with E-state index < -0.39 is 0 Å². The maximum Gasteiger partial charge on any atom is 0.221 e. The Morgan fingerprint density at radius 2 is 2.15 bits per heavy atom. The summed E-state index contributed by atoms with van der Waals surface area (Å²) in [5, 5.41) is 16.0. The Morgan fingerprint density at radius 1 is 1.40 bits per heavy atom. The van der Waals surface area contributed by atoms with Gasteiger partial charge in [0.2, 0.25) is 5.91 Å². The average Bonchev–Trinajstić information content (AvgIpc) is 2.44. The zero-order chi connectivity index (χ0) is 15.0. The Balaban J connectivity index is 2.43. The molecule has 0 bridgehead atoms. The number of ether oxygens (including phenoxy) is 1. The molecule has 1 amide bonds. The molecule has 0 fully saturated rings. The van der Waals surface area contributed by atoms with E-state index in [1.807, 2.05) is 19.9 Å². The van der Waals surface area contributed by atoms with E-state index in [0.717, 1.165) is 12.0 Å². The molecular weight excluding hydrogens is 256 g/mol. The second kappa shape index (κ2) is 8.43. The van der Waals surface area contributed by atoms with Crippen LogP contribution in [0.25, 0.3) is 0 Å². The molecule has 3 N–H and O–H groups in total. The van der Waals surface area contributed by atoms with Crippen molar-refractivity contribution in [2.75, 3.05) is 20.2 Å². The number of methoxy groups -OCH3 is 1. The van der Waals surface area contributed by atoms with Crippen LogP contribution < -0.4 is 15.4 Å². The van der Waals surface area contributed by atoms with Gasteiger partial charge in [0.15, 0.2) is 0 Å². The fraction of sp³-hybridized carbons (Fsp3) is 0.533. The third kappa shape index (κ3) is 5.09. The van der Waals surface area contributed by atoms with Crippen molar-refractivity contribution in [3.8, 4) is 11.5 Å². The van der Waals surface area contributed by atoms with Gasteiger partial charge in [-0.2, -0.15) is 0 Å². The van der Waals surface area contributed by atoms with Crippen molar-refractivity contribution in [2.45, 2.75) is 32.7 Å². The highest BCUT2D eigenvalue weighted by Gasteiger charge is 2.11. The van der Waals surface area contributed by atoms with Crippen LogP contribution in [-0.4, -0.2) is 31.2 Å². The number of nitrogens with one attached hydrogen (secondary N) is 2. The van der Waals surface area contributed by atoms with Gasteiger partial charge in [-0.05, 0) is 19.4 Å². The highest BCUT2D eigenvalue weighted by Crippen LogP contribution is 2.28. The molecule has 20 heavy (non-hydrogen) atoms. The maximum atomic E-state index is 11.5. The molecule has 1 aromatic rings. The predicted molar refractivity (Wildman–Crippen MR) is 79.0 cm³/mol. The van der Waals surface area contributed by atoms with Gasteiger partial charge < -0.3 is 20.5 Å². The van der Waals surface area contributed by atoms with Gasteiger partial charge in [0.25, 0.3) is 0 Å². The number of rotatable bonds is 8. The summed E-state index contributed by atoms with van der Waals surface area (Å²) in [7, 11) is 1.56. The van der Waals surface area contributed by atoms with Crippen LogP contribution >= 0.6 is 0 Å². The Morgan fingerprint density at radius 3 is 2.75 bits per heavy atom. The van der Waals surface area contributed by atoms with Gasteiger partial charge in [-0.3, -0.25) is 4.79 Å².